The number of hydrogen-bond acceptors (Lipinski definition) is 3. The molecule has 1 aliphatic rings. The lowest BCUT2D eigenvalue weighted by Crippen LogP contribution is -2.37. The van der Waals surface area contributed by atoms with E-state index in [1.807, 2.05) is 29.8 Å². The van der Waals surface area contributed by atoms with E-state index in [1.165, 1.54) is 0 Å². The van der Waals surface area contributed by atoms with Crippen LogP contribution in [0, 0.1) is 0 Å². The number of aromatic nitrogens is 2. The molecule has 0 saturated carbocycles. The van der Waals surface area contributed by atoms with Crippen molar-refractivity contribution < 1.29 is 4.79 Å². The fraction of sp³-hybridized carbons (Fsp3) is 0.636. The molecule has 88 valence electrons. The number of likely N-dealkylation sites (N-methyl/N-ethyl adjacent to an activating group) is 1. The first-order valence-corrected chi connectivity index (χ1v) is 5.64. The van der Waals surface area contributed by atoms with Crippen molar-refractivity contribution in [3.8, 4) is 0 Å². The van der Waals surface area contributed by atoms with E-state index in [4.69, 9.17) is 0 Å². The summed E-state index contributed by atoms with van der Waals surface area (Å²) in [5.41, 5.74) is 0. The summed E-state index contributed by atoms with van der Waals surface area (Å²) in [5, 5.41) is 3.04. The minimum absolute atomic E-state index is 0.0152. The maximum Gasteiger partial charge on any atom is 0.239 e. The van der Waals surface area contributed by atoms with E-state index in [0.717, 1.165) is 31.8 Å². The van der Waals surface area contributed by atoms with Crippen molar-refractivity contribution in [2.75, 3.05) is 20.1 Å². The molecule has 1 aliphatic heterocycles. The van der Waals surface area contributed by atoms with Gasteiger partial charge < -0.3 is 14.8 Å². The summed E-state index contributed by atoms with van der Waals surface area (Å²) in [7, 11) is 3.81. The minimum Gasteiger partial charge on any atom is -0.341 e. The van der Waals surface area contributed by atoms with Crippen LogP contribution in [0.2, 0.25) is 0 Å². The molecule has 0 bridgehead atoms. The zero-order valence-electron chi connectivity index (χ0n) is 9.81. The molecule has 1 saturated heterocycles. The monoisotopic (exact) mass is 222 g/mol. The lowest BCUT2D eigenvalue weighted by Gasteiger charge is -2.16. The van der Waals surface area contributed by atoms with Gasteiger partial charge in [0.15, 0.2) is 0 Å². The predicted molar refractivity (Wildman–Crippen MR) is 61.0 cm³/mol. The number of rotatable bonds is 4. The van der Waals surface area contributed by atoms with Gasteiger partial charge >= 0.3 is 0 Å². The third-order valence-corrected chi connectivity index (χ3v) is 3.17. The largest absolute Gasteiger partial charge is 0.341 e. The second kappa shape index (κ2) is 4.65. The molecule has 0 aromatic carbocycles. The van der Waals surface area contributed by atoms with Gasteiger partial charge in [-0.1, -0.05) is 0 Å². The van der Waals surface area contributed by atoms with E-state index in [9.17, 15) is 4.79 Å². The fourth-order valence-corrected chi connectivity index (χ4v) is 2.10. The van der Waals surface area contributed by atoms with Gasteiger partial charge in [0.25, 0.3) is 0 Å². The normalized spacial score (nSPS) is 20.8. The minimum atomic E-state index is 0.0152. The van der Waals surface area contributed by atoms with Crippen LogP contribution >= 0.6 is 0 Å². The highest BCUT2D eigenvalue weighted by molar-refractivity contribution is 5.83. The highest BCUT2D eigenvalue weighted by Gasteiger charge is 2.29. The Hall–Kier alpha value is -1.36. The molecule has 5 nitrogen and oxygen atoms in total. The maximum absolute atomic E-state index is 11.8. The molecule has 0 aliphatic carbocycles. The molecule has 2 rings (SSSR count). The van der Waals surface area contributed by atoms with Crippen molar-refractivity contribution in [1.29, 1.82) is 0 Å². The zero-order chi connectivity index (χ0) is 11.5. The number of amides is 1. The molecule has 2 heterocycles. The number of carbonyl (C=O) groups is 1. The van der Waals surface area contributed by atoms with E-state index in [0.29, 0.717) is 0 Å². The van der Waals surface area contributed by atoms with Crippen LogP contribution in [0.1, 0.15) is 12.2 Å². The van der Waals surface area contributed by atoms with Gasteiger partial charge in [-0.2, -0.15) is 0 Å². The molecule has 16 heavy (non-hydrogen) atoms. The zero-order valence-corrected chi connectivity index (χ0v) is 9.81. The molecule has 0 spiro atoms. The van der Waals surface area contributed by atoms with Crippen molar-refractivity contribution in [1.82, 2.24) is 19.8 Å². The molecule has 1 aromatic rings. The lowest BCUT2D eigenvalue weighted by atomic mass is 10.2. The van der Waals surface area contributed by atoms with Crippen molar-refractivity contribution in [3.05, 3.63) is 18.2 Å². The number of hydrogen-bond donors (Lipinski definition) is 1. The summed E-state index contributed by atoms with van der Waals surface area (Å²) in [6.45, 7) is 1.62. The van der Waals surface area contributed by atoms with Crippen LogP contribution in [-0.4, -0.2) is 46.5 Å². The number of likely N-dealkylation sites (tertiary alicyclic amines) is 1. The SMILES string of the molecule is CNC1CCN(CCc2nccn2C)C1=O. The van der Waals surface area contributed by atoms with Gasteiger partial charge in [0.1, 0.15) is 5.82 Å². The summed E-state index contributed by atoms with van der Waals surface area (Å²) in [6, 6.07) is 0.0152. The predicted octanol–water partition coefficient (Wildman–Crippen LogP) is -0.217. The van der Waals surface area contributed by atoms with E-state index < -0.39 is 0 Å². The van der Waals surface area contributed by atoms with Crippen LogP contribution < -0.4 is 5.32 Å². The van der Waals surface area contributed by atoms with Gasteiger partial charge in [0, 0.05) is 39.0 Å². The standard InChI is InChI=1S/C11H18N4O/c1-12-9-3-6-15(11(9)16)7-4-10-13-5-8-14(10)2/h5,8-9,12H,3-4,6-7H2,1-2H3. The average Bonchev–Trinajstić information content (AvgIpc) is 2.83. The Kier molecular flexibility index (Phi) is 3.24. The molecule has 1 amide bonds. The van der Waals surface area contributed by atoms with Crippen LogP contribution in [-0.2, 0) is 18.3 Å². The van der Waals surface area contributed by atoms with E-state index in [1.54, 1.807) is 6.20 Å². The quantitative estimate of drug-likeness (QED) is 0.766. The first-order valence-electron chi connectivity index (χ1n) is 5.64. The molecule has 1 fully saturated rings. The van der Waals surface area contributed by atoms with Crippen LogP contribution in [0.3, 0.4) is 0 Å². The van der Waals surface area contributed by atoms with Gasteiger partial charge in [0.05, 0.1) is 6.04 Å². The fourth-order valence-electron chi connectivity index (χ4n) is 2.10. The Morgan fingerprint density at radius 1 is 1.62 bits per heavy atom. The topological polar surface area (TPSA) is 50.2 Å². The van der Waals surface area contributed by atoms with Crippen molar-refractivity contribution in [2.24, 2.45) is 7.05 Å². The van der Waals surface area contributed by atoms with Gasteiger partial charge in [-0.15, -0.1) is 0 Å². The number of nitrogens with one attached hydrogen (secondary N) is 1. The van der Waals surface area contributed by atoms with Crippen LogP contribution in [0.4, 0.5) is 0 Å². The highest BCUT2D eigenvalue weighted by Crippen LogP contribution is 2.11. The summed E-state index contributed by atoms with van der Waals surface area (Å²) < 4.78 is 2.00. The number of aryl methyl sites for hydroxylation is 1. The summed E-state index contributed by atoms with van der Waals surface area (Å²) in [6.07, 6.45) is 5.46. The Balaban J connectivity index is 1.88. The molecular weight excluding hydrogens is 204 g/mol. The van der Waals surface area contributed by atoms with Crippen LogP contribution in [0.25, 0.3) is 0 Å². The smallest absolute Gasteiger partial charge is 0.239 e. The Morgan fingerprint density at radius 3 is 3.00 bits per heavy atom. The summed E-state index contributed by atoms with van der Waals surface area (Å²) >= 11 is 0. The molecule has 1 atom stereocenters. The second-order valence-corrected chi connectivity index (χ2v) is 4.16. The first kappa shape index (κ1) is 11.1. The molecule has 1 unspecified atom stereocenters. The first-order chi connectivity index (χ1) is 7.72. The summed E-state index contributed by atoms with van der Waals surface area (Å²) in [4.78, 5) is 18.0. The summed E-state index contributed by atoms with van der Waals surface area (Å²) in [5.74, 6) is 1.25. The van der Waals surface area contributed by atoms with Crippen LogP contribution in [0.5, 0.6) is 0 Å². The van der Waals surface area contributed by atoms with Crippen molar-refractivity contribution in [3.63, 3.8) is 0 Å². The third kappa shape index (κ3) is 2.09. The Bertz CT molecular complexity index is 374. The molecule has 0 radical (unpaired) electrons. The Labute approximate surface area is 95.5 Å². The molecular formula is C11H18N4O. The number of imidazole rings is 1. The van der Waals surface area contributed by atoms with Gasteiger partial charge in [-0.3, -0.25) is 4.79 Å². The molecule has 1 N–H and O–H groups in total. The van der Waals surface area contributed by atoms with E-state index >= 15 is 0 Å². The van der Waals surface area contributed by atoms with Gasteiger partial charge in [-0.05, 0) is 13.5 Å². The number of nitrogens with zero attached hydrogens (tertiary/aromatic N) is 3. The maximum atomic E-state index is 11.8. The van der Waals surface area contributed by atoms with Crippen molar-refractivity contribution >= 4 is 5.91 Å². The van der Waals surface area contributed by atoms with Crippen molar-refractivity contribution in [2.45, 2.75) is 18.9 Å². The second-order valence-electron chi connectivity index (χ2n) is 4.16. The average molecular weight is 222 g/mol. The van der Waals surface area contributed by atoms with Gasteiger partial charge in [-0.25, -0.2) is 4.98 Å². The molecule has 5 heteroatoms. The van der Waals surface area contributed by atoms with E-state index in [2.05, 4.69) is 10.3 Å². The van der Waals surface area contributed by atoms with Crippen LogP contribution in [0.15, 0.2) is 12.4 Å². The molecule has 1 aromatic heterocycles. The Morgan fingerprint density at radius 2 is 2.44 bits per heavy atom. The lowest BCUT2D eigenvalue weighted by molar-refractivity contribution is -0.129. The van der Waals surface area contributed by atoms with Gasteiger partial charge in [0.2, 0.25) is 5.91 Å². The third-order valence-electron chi connectivity index (χ3n) is 3.17. The van der Waals surface area contributed by atoms with E-state index in [-0.39, 0.29) is 11.9 Å². The highest BCUT2D eigenvalue weighted by atomic mass is 16.2. The number of carbonyl (C=O) groups excluding carboxylic acids is 1.